The molecule has 0 bridgehead atoms. The number of rotatable bonds is 6. The number of carbonyl (C=O) groups is 1. The van der Waals surface area contributed by atoms with Crippen LogP contribution in [0.25, 0.3) is 0 Å². The zero-order valence-corrected chi connectivity index (χ0v) is 15.7. The van der Waals surface area contributed by atoms with Gasteiger partial charge >= 0.3 is 0 Å². The van der Waals surface area contributed by atoms with Crippen LogP contribution in [0.15, 0.2) is 48.5 Å². The standard InChI is InChI=1S/C19H19N3O5S/c23-18(13-7-9-14(10-8-13)22(24)25)21-19(28)20-16-5-1-2-6-17(16)27-12-15-4-3-11-26-15/h1-2,5-10,15H,3-4,11-12H2,(H2,20,21,23,28). The molecule has 2 aromatic carbocycles. The third kappa shape index (κ3) is 5.24. The van der Waals surface area contributed by atoms with E-state index in [2.05, 4.69) is 10.6 Å². The van der Waals surface area contributed by atoms with E-state index in [1.807, 2.05) is 12.1 Å². The van der Waals surface area contributed by atoms with Gasteiger partial charge in [0.15, 0.2) is 5.11 Å². The van der Waals surface area contributed by atoms with E-state index in [-0.39, 0.29) is 22.5 Å². The number of nitrogens with one attached hydrogen (secondary N) is 2. The van der Waals surface area contributed by atoms with Gasteiger partial charge in [0.25, 0.3) is 11.6 Å². The first-order valence-corrected chi connectivity index (χ1v) is 9.14. The molecule has 0 spiro atoms. The molecule has 2 N–H and O–H groups in total. The van der Waals surface area contributed by atoms with E-state index < -0.39 is 10.8 Å². The van der Waals surface area contributed by atoms with Crippen molar-refractivity contribution in [1.29, 1.82) is 0 Å². The predicted molar refractivity (Wildman–Crippen MR) is 108 cm³/mol. The minimum absolute atomic E-state index is 0.0850. The molecule has 3 rings (SSSR count). The zero-order chi connectivity index (χ0) is 19.9. The van der Waals surface area contributed by atoms with Gasteiger partial charge in [-0.25, -0.2) is 0 Å². The number of benzene rings is 2. The summed E-state index contributed by atoms with van der Waals surface area (Å²) in [4.78, 5) is 22.4. The SMILES string of the molecule is O=C(NC(=S)Nc1ccccc1OCC1CCCO1)c1ccc([N+](=O)[O-])cc1. The van der Waals surface area contributed by atoms with E-state index in [1.165, 1.54) is 24.3 Å². The lowest BCUT2D eigenvalue weighted by molar-refractivity contribution is -0.384. The van der Waals surface area contributed by atoms with Crippen molar-refractivity contribution in [2.75, 3.05) is 18.5 Å². The number of para-hydroxylation sites is 2. The molecule has 2 aromatic rings. The summed E-state index contributed by atoms with van der Waals surface area (Å²) >= 11 is 5.20. The Labute approximate surface area is 167 Å². The fourth-order valence-corrected chi connectivity index (χ4v) is 2.92. The van der Waals surface area contributed by atoms with Gasteiger partial charge in [-0.15, -0.1) is 0 Å². The van der Waals surface area contributed by atoms with Crippen molar-refractivity contribution >= 4 is 34.6 Å². The average Bonchev–Trinajstić information content (AvgIpc) is 3.21. The molecule has 1 atom stereocenters. The van der Waals surface area contributed by atoms with Gasteiger partial charge in [-0.3, -0.25) is 20.2 Å². The molecular weight excluding hydrogens is 382 g/mol. The van der Waals surface area contributed by atoms with Crippen molar-refractivity contribution in [3.63, 3.8) is 0 Å². The normalized spacial score (nSPS) is 15.6. The maximum absolute atomic E-state index is 12.3. The second-order valence-corrected chi connectivity index (χ2v) is 6.56. The number of anilines is 1. The van der Waals surface area contributed by atoms with Crippen LogP contribution < -0.4 is 15.4 Å². The summed E-state index contributed by atoms with van der Waals surface area (Å²) in [5, 5.41) is 16.3. The van der Waals surface area contributed by atoms with Gasteiger partial charge < -0.3 is 14.8 Å². The van der Waals surface area contributed by atoms with Crippen LogP contribution in [-0.4, -0.2) is 35.3 Å². The molecule has 8 nitrogen and oxygen atoms in total. The Balaban J connectivity index is 1.58. The molecular formula is C19H19N3O5S. The lowest BCUT2D eigenvalue weighted by atomic mass is 10.2. The van der Waals surface area contributed by atoms with E-state index in [1.54, 1.807) is 12.1 Å². The first kappa shape index (κ1) is 19.7. The van der Waals surface area contributed by atoms with E-state index in [9.17, 15) is 14.9 Å². The number of non-ortho nitro benzene ring substituents is 1. The van der Waals surface area contributed by atoms with Gasteiger partial charge in [0.1, 0.15) is 12.4 Å². The number of ether oxygens (including phenoxy) is 2. The topological polar surface area (TPSA) is 103 Å². The molecule has 1 heterocycles. The van der Waals surface area contributed by atoms with Crippen molar-refractivity contribution in [3.05, 3.63) is 64.2 Å². The minimum Gasteiger partial charge on any atom is -0.489 e. The van der Waals surface area contributed by atoms with Crippen LogP contribution >= 0.6 is 12.2 Å². The van der Waals surface area contributed by atoms with Crippen molar-refractivity contribution in [2.45, 2.75) is 18.9 Å². The third-order valence-corrected chi connectivity index (χ3v) is 4.36. The smallest absolute Gasteiger partial charge is 0.269 e. The number of amides is 1. The van der Waals surface area contributed by atoms with Gasteiger partial charge in [-0.2, -0.15) is 0 Å². The van der Waals surface area contributed by atoms with Crippen molar-refractivity contribution < 1.29 is 19.2 Å². The molecule has 0 aliphatic carbocycles. The van der Waals surface area contributed by atoms with Crippen LogP contribution in [0.3, 0.4) is 0 Å². The van der Waals surface area contributed by atoms with Crippen LogP contribution in [0.1, 0.15) is 23.2 Å². The lowest BCUT2D eigenvalue weighted by Gasteiger charge is -2.16. The Morgan fingerprint density at radius 1 is 1.25 bits per heavy atom. The molecule has 146 valence electrons. The summed E-state index contributed by atoms with van der Waals surface area (Å²) in [6.45, 7) is 1.20. The predicted octanol–water partition coefficient (Wildman–Crippen LogP) is 3.28. The zero-order valence-electron chi connectivity index (χ0n) is 14.9. The summed E-state index contributed by atoms with van der Waals surface area (Å²) < 4.78 is 11.4. The van der Waals surface area contributed by atoms with Crippen molar-refractivity contribution in [1.82, 2.24) is 5.32 Å². The Morgan fingerprint density at radius 3 is 2.68 bits per heavy atom. The maximum atomic E-state index is 12.3. The molecule has 1 aliphatic rings. The van der Waals surface area contributed by atoms with Crippen LogP contribution in [0.2, 0.25) is 0 Å². The molecule has 1 unspecified atom stereocenters. The van der Waals surface area contributed by atoms with Crippen LogP contribution in [0.4, 0.5) is 11.4 Å². The first-order valence-electron chi connectivity index (χ1n) is 8.73. The quantitative estimate of drug-likeness (QED) is 0.435. The minimum atomic E-state index is -0.526. The van der Waals surface area contributed by atoms with Crippen molar-refractivity contribution in [2.24, 2.45) is 0 Å². The summed E-state index contributed by atoms with van der Waals surface area (Å²) in [6.07, 6.45) is 2.09. The molecule has 9 heteroatoms. The van der Waals surface area contributed by atoms with E-state index in [0.717, 1.165) is 19.4 Å². The number of hydrogen-bond donors (Lipinski definition) is 2. The summed E-state index contributed by atoms with van der Waals surface area (Å²) in [6, 6.07) is 12.5. The summed E-state index contributed by atoms with van der Waals surface area (Å²) in [5.74, 6) is 0.134. The Bertz CT molecular complexity index is 866. The van der Waals surface area contributed by atoms with Gasteiger partial charge in [-0.1, -0.05) is 12.1 Å². The van der Waals surface area contributed by atoms with E-state index in [0.29, 0.717) is 18.0 Å². The first-order chi connectivity index (χ1) is 13.5. The average molecular weight is 401 g/mol. The molecule has 28 heavy (non-hydrogen) atoms. The Morgan fingerprint density at radius 2 is 2.00 bits per heavy atom. The summed E-state index contributed by atoms with van der Waals surface area (Å²) in [7, 11) is 0. The van der Waals surface area contributed by atoms with Gasteiger partial charge in [0.2, 0.25) is 0 Å². The molecule has 0 radical (unpaired) electrons. The largest absolute Gasteiger partial charge is 0.489 e. The Kier molecular flexibility index (Phi) is 6.51. The number of nitrogens with zero attached hydrogens (tertiary/aromatic N) is 1. The highest BCUT2D eigenvalue weighted by Gasteiger charge is 2.17. The van der Waals surface area contributed by atoms with Gasteiger partial charge in [0.05, 0.1) is 16.7 Å². The fraction of sp³-hybridized carbons (Fsp3) is 0.263. The fourth-order valence-electron chi connectivity index (χ4n) is 2.72. The number of hydrogen-bond acceptors (Lipinski definition) is 6. The molecule has 0 saturated carbocycles. The molecule has 1 fully saturated rings. The van der Waals surface area contributed by atoms with Gasteiger partial charge in [0, 0.05) is 24.3 Å². The highest BCUT2D eigenvalue weighted by atomic mass is 32.1. The number of nitro groups is 1. The maximum Gasteiger partial charge on any atom is 0.269 e. The lowest BCUT2D eigenvalue weighted by Crippen LogP contribution is -2.34. The Hall–Kier alpha value is -3.04. The number of nitro benzene ring substituents is 1. The van der Waals surface area contributed by atoms with Gasteiger partial charge in [-0.05, 0) is 49.3 Å². The number of thiocarbonyl (C=S) groups is 1. The highest BCUT2D eigenvalue weighted by Crippen LogP contribution is 2.25. The number of carbonyl (C=O) groups excluding carboxylic acids is 1. The van der Waals surface area contributed by atoms with Crippen LogP contribution in [0, 0.1) is 10.1 Å². The second-order valence-electron chi connectivity index (χ2n) is 6.15. The van der Waals surface area contributed by atoms with Crippen LogP contribution in [-0.2, 0) is 4.74 Å². The van der Waals surface area contributed by atoms with E-state index >= 15 is 0 Å². The monoisotopic (exact) mass is 401 g/mol. The highest BCUT2D eigenvalue weighted by molar-refractivity contribution is 7.80. The summed E-state index contributed by atoms with van der Waals surface area (Å²) in [5.41, 5.74) is 0.793. The third-order valence-electron chi connectivity index (χ3n) is 4.15. The second kappa shape index (κ2) is 9.25. The molecule has 0 aromatic heterocycles. The van der Waals surface area contributed by atoms with E-state index in [4.69, 9.17) is 21.7 Å². The van der Waals surface area contributed by atoms with Crippen molar-refractivity contribution in [3.8, 4) is 5.75 Å². The molecule has 1 aliphatic heterocycles. The van der Waals surface area contributed by atoms with Crippen LogP contribution in [0.5, 0.6) is 5.75 Å². The molecule has 1 saturated heterocycles. The molecule has 1 amide bonds.